The van der Waals surface area contributed by atoms with Gasteiger partial charge in [0.05, 0.1) is 21.4 Å². The van der Waals surface area contributed by atoms with Gasteiger partial charge in [-0.15, -0.1) is 0 Å². The summed E-state index contributed by atoms with van der Waals surface area (Å²) in [4.78, 5) is 0.991. The molecule has 0 radical (unpaired) electrons. The van der Waals surface area contributed by atoms with Gasteiger partial charge < -0.3 is 5.73 Å². The zero-order valence-electron chi connectivity index (χ0n) is 10.1. The minimum atomic E-state index is 0.541. The number of nitrogens with two attached hydrogens (primary N) is 1. The predicted molar refractivity (Wildman–Crippen MR) is 77.6 cm³/mol. The van der Waals surface area contributed by atoms with E-state index >= 15 is 0 Å². The summed E-state index contributed by atoms with van der Waals surface area (Å²) in [5, 5.41) is 6.41. The van der Waals surface area contributed by atoms with Crippen molar-refractivity contribution in [2.24, 2.45) is 0 Å². The average molecular weight is 302 g/mol. The first kappa shape index (κ1) is 13.6. The fourth-order valence-corrected chi connectivity index (χ4v) is 2.98. The Balaban J connectivity index is 2.36. The Morgan fingerprint density at radius 2 is 2.06 bits per heavy atom. The number of benzene rings is 1. The van der Waals surface area contributed by atoms with Crippen LogP contribution >= 0.6 is 35.0 Å². The Labute approximate surface area is 120 Å². The fourth-order valence-electron chi connectivity index (χ4n) is 1.55. The molecule has 18 heavy (non-hydrogen) atoms. The van der Waals surface area contributed by atoms with Gasteiger partial charge in [0, 0.05) is 11.4 Å². The van der Waals surface area contributed by atoms with E-state index in [-0.39, 0.29) is 0 Å². The third-order valence-corrected chi connectivity index (χ3v) is 4.38. The van der Waals surface area contributed by atoms with Crippen molar-refractivity contribution in [3.05, 3.63) is 33.9 Å². The molecular formula is C12H13Cl2N3S. The second-order valence-corrected chi connectivity index (χ2v) is 5.67. The summed E-state index contributed by atoms with van der Waals surface area (Å²) in [5.74, 6) is 0. The van der Waals surface area contributed by atoms with Crippen LogP contribution in [-0.2, 0) is 6.54 Å². The average Bonchev–Trinajstić information content (AvgIpc) is 2.61. The van der Waals surface area contributed by atoms with Crippen molar-refractivity contribution in [1.29, 1.82) is 0 Å². The molecule has 1 heterocycles. The fraction of sp³-hybridized carbons (Fsp3) is 0.250. The van der Waals surface area contributed by atoms with Crippen LogP contribution in [0, 0.1) is 6.92 Å². The molecule has 0 spiro atoms. The van der Waals surface area contributed by atoms with E-state index in [0.29, 0.717) is 15.7 Å². The van der Waals surface area contributed by atoms with E-state index < -0.39 is 0 Å². The highest BCUT2D eigenvalue weighted by molar-refractivity contribution is 7.99. The standard InChI is InChI=1S/C12H13Cl2N3S/c1-3-17-12(11(15)7(2)16-17)18-8-4-5-9(13)10(14)6-8/h4-6H,3,15H2,1-2H3. The van der Waals surface area contributed by atoms with Crippen LogP contribution in [-0.4, -0.2) is 9.78 Å². The third-order valence-electron chi connectivity index (χ3n) is 2.53. The SMILES string of the molecule is CCn1nc(C)c(N)c1Sc1ccc(Cl)c(Cl)c1. The van der Waals surface area contributed by atoms with Gasteiger partial charge in [-0.2, -0.15) is 5.10 Å². The first-order valence-electron chi connectivity index (χ1n) is 5.48. The molecule has 6 heteroatoms. The molecule has 0 aliphatic heterocycles. The van der Waals surface area contributed by atoms with Gasteiger partial charge in [-0.05, 0) is 32.0 Å². The highest BCUT2D eigenvalue weighted by atomic mass is 35.5. The maximum atomic E-state index is 6.03. The summed E-state index contributed by atoms with van der Waals surface area (Å²) in [6.07, 6.45) is 0. The lowest BCUT2D eigenvalue weighted by molar-refractivity contribution is 0.602. The first-order chi connectivity index (χ1) is 8.52. The van der Waals surface area contributed by atoms with E-state index in [9.17, 15) is 0 Å². The largest absolute Gasteiger partial charge is 0.395 e. The summed E-state index contributed by atoms with van der Waals surface area (Å²) in [5.41, 5.74) is 7.59. The molecule has 0 bridgehead atoms. The van der Waals surface area contributed by atoms with Crippen LogP contribution in [0.4, 0.5) is 5.69 Å². The normalized spacial score (nSPS) is 10.9. The van der Waals surface area contributed by atoms with Gasteiger partial charge in [-0.25, -0.2) is 0 Å². The van der Waals surface area contributed by atoms with E-state index in [1.165, 1.54) is 0 Å². The lowest BCUT2D eigenvalue weighted by Gasteiger charge is -2.06. The minimum absolute atomic E-state index is 0.541. The topological polar surface area (TPSA) is 43.8 Å². The number of anilines is 1. The number of aromatic nitrogens is 2. The van der Waals surface area contributed by atoms with Gasteiger partial charge >= 0.3 is 0 Å². The third kappa shape index (κ3) is 2.60. The van der Waals surface area contributed by atoms with Crippen LogP contribution in [0.1, 0.15) is 12.6 Å². The van der Waals surface area contributed by atoms with Crippen molar-refractivity contribution < 1.29 is 0 Å². The van der Waals surface area contributed by atoms with Crippen molar-refractivity contribution in [3.8, 4) is 0 Å². The van der Waals surface area contributed by atoms with Gasteiger partial charge in [0.15, 0.2) is 0 Å². The van der Waals surface area contributed by atoms with Crippen LogP contribution in [0.2, 0.25) is 10.0 Å². The highest BCUT2D eigenvalue weighted by Gasteiger charge is 2.13. The molecular weight excluding hydrogens is 289 g/mol. The van der Waals surface area contributed by atoms with E-state index in [2.05, 4.69) is 5.10 Å². The summed E-state index contributed by atoms with van der Waals surface area (Å²) >= 11 is 13.4. The summed E-state index contributed by atoms with van der Waals surface area (Å²) in [6, 6.07) is 5.53. The highest BCUT2D eigenvalue weighted by Crippen LogP contribution is 2.36. The molecule has 2 aromatic rings. The molecule has 3 nitrogen and oxygen atoms in total. The lowest BCUT2D eigenvalue weighted by atomic mass is 10.4. The molecule has 0 aliphatic carbocycles. The number of rotatable bonds is 3. The predicted octanol–water partition coefficient (Wildman–Crippen LogP) is 4.25. The van der Waals surface area contributed by atoms with E-state index in [4.69, 9.17) is 28.9 Å². The Morgan fingerprint density at radius 1 is 1.33 bits per heavy atom. The van der Waals surface area contributed by atoms with Gasteiger partial charge in [-0.1, -0.05) is 35.0 Å². The molecule has 1 aromatic carbocycles. The summed E-state index contributed by atoms with van der Waals surface area (Å²) in [6.45, 7) is 4.72. The van der Waals surface area contributed by atoms with Crippen LogP contribution in [0.3, 0.4) is 0 Å². The molecule has 0 atom stereocenters. The molecule has 96 valence electrons. The number of hydrogen-bond acceptors (Lipinski definition) is 3. The van der Waals surface area contributed by atoms with Crippen LogP contribution < -0.4 is 5.73 Å². The van der Waals surface area contributed by atoms with Crippen LogP contribution in [0.25, 0.3) is 0 Å². The van der Waals surface area contributed by atoms with Crippen molar-refractivity contribution in [2.75, 3.05) is 5.73 Å². The Bertz CT molecular complexity index is 581. The van der Waals surface area contributed by atoms with Crippen molar-refractivity contribution >= 4 is 40.7 Å². The molecule has 2 rings (SSSR count). The Morgan fingerprint density at radius 3 is 2.67 bits per heavy atom. The Kier molecular flexibility index (Phi) is 4.10. The van der Waals surface area contributed by atoms with Crippen LogP contribution in [0.15, 0.2) is 28.1 Å². The van der Waals surface area contributed by atoms with Gasteiger partial charge in [0.25, 0.3) is 0 Å². The van der Waals surface area contributed by atoms with E-state index in [1.807, 2.05) is 30.7 Å². The molecule has 1 aromatic heterocycles. The summed E-state index contributed by atoms with van der Waals surface area (Å²) in [7, 11) is 0. The Hall–Kier alpha value is -0.840. The second kappa shape index (κ2) is 5.43. The van der Waals surface area contributed by atoms with Crippen molar-refractivity contribution in [2.45, 2.75) is 30.3 Å². The van der Waals surface area contributed by atoms with Gasteiger partial charge in [-0.3, -0.25) is 4.68 Å². The van der Waals surface area contributed by atoms with Crippen molar-refractivity contribution in [3.63, 3.8) is 0 Å². The van der Waals surface area contributed by atoms with E-state index in [1.54, 1.807) is 17.8 Å². The maximum Gasteiger partial charge on any atom is 0.122 e. The monoisotopic (exact) mass is 301 g/mol. The molecule has 0 saturated carbocycles. The van der Waals surface area contributed by atoms with Gasteiger partial charge in [0.1, 0.15) is 5.03 Å². The zero-order valence-corrected chi connectivity index (χ0v) is 12.4. The number of nitrogen functional groups attached to an aromatic ring is 1. The zero-order chi connectivity index (χ0) is 13.3. The lowest BCUT2D eigenvalue weighted by Crippen LogP contribution is -1.98. The molecule has 0 saturated heterocycles. The van der Waals surface area contributed by atoms with E-state index in [0.717, 1.165) is 22.2 Å². The second-order valence-electron chi connectivity index (χ2n) is 3.80. The number of halogens is 2. The first-order valence-corrected chi connectivity index (χ1v) is 7.06. The molecule has 0 amide bonds. The minimum Gasteiger partial charge on any atom is -0.395 e. The van der Waals surface area contributed by atoms with Gasteiger partial charge in [0.2, 0.25) is 0 Å². The number of nitrogens with zero attached hydrogens (tertiary/aromatic N) is 2. The number of aryl methyl sites for hydroxylation is 2. The maximum absolute atomic E-state index is 6.03. The summed E-state index contributed by atoms with van der Waals surface area (Å²) < 4.78 is 1.89. The number of hydrogen-bond donors (Lipinski definition) is 1. The van der Waals surface area contributed by atoms with Crippen molar-refractivity contribution in [1.82, 2.24) is 9.78 Å². The molecule has 2 N–H and O–H groups in total. The smallest absolute Gasteiger partial charge is 0.122 e. The molecule has 0 fully saturated rings. The quantitative estimate of drug-likeness (QED) is 0.921. The van der Waals surface area contributed by atoms with Crippen LogP contribution in [0.5, 0.6) is 0 Å². The molecule has 0 unspecified atom stereocenters. The molecule has 0 aliphatic rings.